The predicted molar refractivity (Wildman–Crippen MR) is 64.1 cm³/mol. The van der Waals surface area contributed by atoms with Gasteiger partial charge in [0.1, 0.15) is 0 Å². The van der Waals surface area contributed by atoms with E-state index in [2.05, 4.69) is 0 Å². The van der Waals surface area contributed by atoms with E-state index in [1.165, 1.54) is 6.92 Å². The normalized spacial score (nSPS) is 11.7. The molecule has 0 aromatic rings. The molecule has 0 spiro atoms. The molecule has 0 saturated heterocycles. The molecule has 98 valence electrons. The highest BCUT2D eigenvalue weighted by molar-refractivity contribution is 5.66. The van der Waals surface area contributed by atoms with Crippen molar-refractivity contribution in [2.75, 3.05) is 0 Å². The molecule has 0 bridgehead atoms. The molecule has 0 amide bonds. The quantitative estimate of drug-likeness (QED) is 0.638. The van der Waals surface area contributed by atoms with Crippen molar-refractivity contribution < 1.29 is 20.1 Å². The molecule has 0 saturated carbocycles. The summed E-state index contributed by atoms with van der Waals surface area (Å²) >= 11 is 0. The van der Waals surface area contributed by atoms with Gasteiger partial charge in [-0.3, -0.25) is 4.79 Å². The Morgan fingerprint density at radius 2 is 1.50 bits per heavy atom. The number of hydrogen-bond acceptors (Lipinski definition) is 3. The summed E-state index contributed by atoms with van der Waals surface area (Å²) in [7, 11) is 0. The molecule has 0 aliphatic heterocycles. The van der Waals surface area contributed by atoms with Gasteiger partial charge in [-0.1, -0.05) is 34.1 Å². The second kappa shape index (κ2) is 7.63. The number of carboxylic acids is 1. The molecule has 0 aliphatic rings. The van der Waals surface area contributed by atoms with Crippen molar-refractivity contribution in [2.24, 2.45) is 5.41 Å². The monoisotopic (exact) mass is 234 g/mol. The molecule has 0 atom stereocenters. The Hall–Kier alpha value is -0.610. The van der Waals surface area contributed by atoms with Crippen LogP contribution in [0.3, 0.4) is 0 Å². The molecule has 0 unspecified atom stereocenters. The van der Waals surface area contributed by atoms with E-state index in [0.29, 0.717) is 6.42 Å². The maximum Gasteiger partial charge on any atom is 0.303 e. The van der Waals surface area contributed by atoms with Crippen molar-refractivity contribution in [3.05, 3.63) is 0 Å². The zero-order valence-electron chi connectivity index (χ0n) is 11.1. The standard InChI is InChI=1S/C8H18O2.C4H8O2/c1-5-6-7(2,3)8(4,9)10;1-2-3-4(5)6/h9-10H,5-6H2,1-4H3;2-3H2,1H3,(H,5,6). The second-order valence-corrected chi connectivity index (χ2v) is 4.80. The zero-order valence-corrected chi connectivity index (χ0v) is 11.1. The topological polar surface area (TPSA) is 77.8 Å². The lowest BCUT2D eigenvalue weighted by Gasteiger charge is -2.35. The van der Waals surface area contributed by atoms with Gasteiger partial charge in [0, 0.05) is 11.8 Å². The average Bonchev–Trinajstić information content (AvgIpc) is 2.02. The van der Waals surface area contributed by atoms with E-state index >= 15 is 0 Å². The molecule has 3 N–H and O–H groups in total. The Morgan fingerprint density at radius 3 is 1.56 bits per heavy atom. The minimum Gasteiger partial charge on any atom is -0.481 e. The van der Waals surface area contributed by atoms with Gasteiger partial charge >= 0.3 is 5.97 Å². The second-order valence-electron chi connectivity index (χ2n) is 4.80. The molecule has 0 heterocycles. The van der Waals surface area contributed by atoms with Gasteiger partial charge in [0.25, 0.3) is 0 Å². The van der Waals surface area contributed by atoms with Crippen molar-refractivity contribution in [3.8, 4) is 0 Å². The maximum atomic E-state index is 9.60. The Labute approximate surface area is 98.3 Å². The molecule has 16 heavy (non-hydrogen) atoms. The van der Waals surface area contributed by atoms with Gasteiger partial charge < -0.3 is 15.3 Å². The van der Waals surface area contributed by atoms with Crippen LogP contribution in [0.1, 0.15) is 60.3 Å². The Morgan fingerprint density at radius 1 is 1.06 bits per heavy atom. The van der Waals surface area contributed by atoms with Gasteiger partial charge in [-0.15, -0.1) is 0 Å². The fourth-order valence-corrected chi connectivity index (χ4v) is 1.08. The number of rotatable bonds is 5. The molecular formula is C12H26O4. The summed E-state index contributed by atoms with van der Waals surface area (Å²) in [6.45, 7) is 9.03. The summed E-state index contributed by atoms with van der Waals surface area (Å²) in [4.78, 5) is 9.60. The fraction of sp³-hybridized carbons (Fsp3) is 0.917. The van der Waals surface area contributed by atoms with Crippen LogP contribution in [0.4, 0.5) is 0 Å². The highest BCUT2D eigenvalue weighted by atomic mass is 16.5. The minimum absolute atomic E-state index is 0.292. The van der Waals surface area contributed by atoms with Crippen LogP contribution in [0.5, 0.6) is 0 Å². The summed E-state index contributed by atoms with van der Waals surface area (Å²) < 4.78 is 0. The highest BCUT2D eigenvalue weighted by Crippen LogP contribution is 2.32. The maximum absolute atomic E-state index is 9.60. The number of hydrogen-bond donors (Lipinski definition) is 3. The van der Waals surface area contributed by atoms with Gasteiger partial charge in [-0.25, -0.2) is 0 Å². The van der Waals surface area contributed by atoms with E-state index in [9.17, 15) is 15.0 Å². The van der Waals surface area contributed by atoms with Crippen LogP contribution >= 0.6 is 0 Å². The van der Waals surface area contributed by atoms with Gasteiger partial charge in [0.05, 0.1) is 0 Å². The van der Waals surface area contributed by atoms with Crippen LogP contribution in [0, 0.1) is 5.41 Å². The first-order valence-electron chi connectivity index (χ1n) is 5.75. The zero-order chi connectivity index (χ0) is 13.4. The van der Waals surface area contributed by atoms with Crippen molar-refractivity contribution in [1.82, 2.24) is 0 Å². The summed E-state index contributed by atoms with van der Waals surface area (Å²) in [5.74, 6) is -2.26. The van der Waals surface area contributed by atoms with E-state index in [0.717, 1.165) is 19.3 Å². The van der Waals surface area contributed by atoms with E-state index < -0.39 is 17.2 Å². The van der Waals surface area contributed by atoms with Crippen molar-refractivity contribution >= 4 is 5.97 Å². The lowest BCUT2D eigenvalue weighted by atomic mass is 9.80. The summed E-state index contributed by atoms with van der Waals surface area (Å²) in [6, 6.07) is 0. The highest BCUT2D eigenvalue weighted by Gasteiger charge is 2.36. The van der Waals surface area contributed by atoms with Crippen LogP contribution in [-0.4, -0.2) is 27.1 Å². The van der Waals surface area contributed by atoms with E-state index in [1.807, 2.05) is 27.7 Å². The van der Waals surface area contributed by atoms with E-state index in [-0.39, 0.29) is 0 Å². The van der Waals surface area contributed by atoms with Gasteiger partial charge in [-0.05, 0) is 19.8 Å². The first-order chi connectivity index (χ1) is 7.08. The number of aliphatic carboxylic acids is 1. The molecule has 0 aromatic heterocycles. The molecule has 0 aromatic carbocycles. The molecule has 0 rings (SSSR count). The molecule has 0 aliphatic carbocycles. The lowest BCUT2D eigenvalue weighted by Crippen LogP contribution is -2.41. The molecule has 4 heteroatoms. The van der Waals surface area contributed by atoms with Crippen LogP contribution < -0.4 is 0 Å². The molecule has 4 nitrogen and oxygen atoms in total. The van der Waals surface area contributed by atoms with Gasteiger partial charge in [0.2, 0.25) is 0 Å². The smallest absolute Gasteiger partial charge is 0.303 e. The first kappa shape index (κ1) is 17.8. The predicted octanol–water partition coefficient (Wildman–Crippen LogP) is 2.38. The van der Waals surface area contributed by atoms with Crippen LogP contribution in [0.25, 0.3) is 0 Å². The Bertz CT molecular complexity index is 192. The fourth-order valence-electron chi connectivity index (χ4n) is 1.08. The Balaban J connectivity index is 0. The molecule has 0 radical (unpaired) electrons. The first-order valence-corrected chi connectivity index (χ1v) is 5.75. The number of carbonyl (C=O) groups is 1. The van der Waals surface area contributed by atoms with Crippen molar-refractivity contribution in [3.63, 3.8) is 0 Å². The third-order valence-electron chi connectivity index (χ3n) is 2.62. The average molecular weight is 234 g/mol. The number of aliphatic hydroxyl groups is 2. The Kier molecular flexibility index (Phi) is 8.47. The van der Waals surface area contributed by atoms with Crippen LogP contribution in [-0.2, 0) is 4.79 Å². The van der Waals surface area contributed by atoms with Crippen LogP contribution in [0.2, 0.25) is 0 Å². The van der Waals surface area contributed by atoms with E-state index in [1.54, 1.807) is 0 Å². The molecular weight excluding hydrogens is 208 g/mol. The summed E-state index contributed by atoms with van der Waals surface area (Å²) in [5, 5.41) is 26.4. The van der Waals surface area contributed by atoms with Crippen molar-refractivity contribution in [1.29, 1.82) is 0 Å². The lowest BCUT2D eigenvalue weighted by molar-refractivity contribution is -0.220. The largest absolute Gasteiger partial charge is 0.481 e. The van der Waals surface area contributed by atoms with Gasteiger partial charge in [0.15, 0.2) is 5.79 Å². The number of carboxylic acid groups (broad SMARTS) is 1. The van der Waals surface area contributed by atoms with Gasteiger partial charge in [-0.2, -0.15) is 0 Å². The van der Waals surface area contributed by atoms with Crippen molar-refractivity contribution in [2.45, 2.75) is 66.1 Å². The third kappa shape index (κ3) is 8.68. The SMILES string of the molecule is CCCC(=O)O.CCCC(C)(C)C(C)(O)O. The third-order valence-corrected chi connectivity index (χ3v) is 2.62. The minimum atomic E-state index is -1.55. The summed E-state index contributed by atoms with van der Waals surface area (Å²) in [6.07, 6.45) is 2.83. The molecule has 0 fully saturated rings. The van der Waals surface area contributed by atoms with Crippen LogP contribution in [0.15, 0.2) is 0 Å². The summed E-state index contributed by atoms with van der Waals surface area (Å²) in [5.41, 5.74) is -0.401. The van der Waals surface area contributed by atoms with E-state index in [4.69, 9.17) is 5.11 Å².